The summed E-state index contributed by atoms with van der Waals surface area (Å²) in [4.78, 5) is 25.4. The zero-order valence-electron chi connectivity index (χ0n) is 18.9. The number of hydrogen-bond donors (Lipinski definition) is 1. The molecule has 0 aliphatic rings. The largest absolute Gasteiger partial charge is 0.350 e. The van der Waals surface area contributed by atoms with E-state index < -0.39 is 5.82 Å². The lowest BCUT2D eigenvalue weighted by Crippen LogP contribution is -2.15. The van der Waals surface area contributed by atoms with E-state index in [9.17, 15) is 14.0 Å². The number of halogens is 2. The smallest absolute Gasteiger partial charge is 0.224 e. The van der Waals surface area contributed by atoms with Crippen LogP contribution in [0.3, 0.4) is 0 Å². The molecule has 34 heavy (non-hydrogen) atoms. The number of benzene rings is 2. The van der Waals surface area contributed by atoms with Crippen molar-refractivity contribution in [3.63, 3.8) is 0 Å². The minimum atomic E-state index is -0.544. The van der Waals surface area contributed by atoms with Gasteiger partial charge in [-0.25, -0.2) is 4.39 Å². The van der Waals surface area contributed by atoms with Gasteiger partial charge in [-0.05, 0) is 31.2 Å². The molecule has 7 nitrogen and oxygen atoms in total. The fraction of sp³-hybridized carbons (Fsp3) is 0.250. The van der Waals surface area contributed by atoms with Crippen LogP contribution in [-0.4, -0.2) is 36.3 Å². The van der Waals surface area contributed by atoms with Gasteiger partial charge in [0, 0.05) is 55.3 Å². The lowest BCUT2D eigenvalue weighted by Gasteiger charge is -2.10. The number of ketones is 1. The van der Waals surface area contributed by atoms with Gasteiger partial charge < -0.3 is 14.5 Å². The molecule has 2 aromatic carbocycles. The van der Waals surface area contributed by atoms with Crippen LogP contribution in [-0.2, 0) is 25.3 Å². The van der Waals surface area contributed by atoms with E-state index >= 15 is 0 Å². The highest BCUT2D eigenvalue weighted by atomic mass is 35.5. The summed E-state index contributed by atoms with van der Waals surface area (Å²) in [5, 5.41) is 12.2. The summed E-state index contributed by atoms with van der Waals surface area (Å²) in [5.74, 6) is -0.153. The van der Waals surface area contributed by atoms with Crippen LogP contribution in [0.25, 0.3) is 10.9 Å². The van der Waals surface area contributed by atoms with E-state index in [0.29, 0.717) is 28.7 Å². The Hall–Kier alpha value is -3.17. The minimum Gasteiger partial charge on any atom is -0.350 e. The van der Waals surface area contributed by atoms with Gasteiger partial charge in [-0.3, -0.25) is 9.59 Å². The molecule has 1 unspecified atom stereocenters. The Labute approximate surface area is 205 Å². The van der Waals surface area contributed by atoms with E-state index in [1.54, 1.807) is 4.57 Å². The number of nitrogens with zero attached hydrogens (tertiary/aromatic N) is 4. The zero-order valence-corrected chi connectivity index (χ0v) is 20.5. The average molecular weight is 500 g/mol. The summed E-state index contributed by atoms with van der Waals surface area (Å²) in [7, 11) is 3.73. The third-order valence-corrected chi connectivity index (χ3v) is 6.94. The Morgan fingerprint density at radius 3 is 2.71 bits per heavy atom. The molecule has 0 fully saturated rings. The third-order valence-electron chi connectivity index (χ3n) is 5.52. The molecule has 0 bridgehead atoms. The number of hydrogen-bond acceptors (Lipinski definition) is 5. The number of nitrogens with one attached hydrogen (secondary N) is 1. The van der Waals surface area contributed by atoms with Crippen molar-refractivity contribution in [2.75, 3.05) is 5.32 Å². The van der Waals surface area contributed by atoms with Crippen molar-refractivity contribution in [1.29, 1.82) is 0 Å². The summed E-state index contributed by atoms with van der Waals surface area (Å²) in [6.07, 6.45) is 2.38. The standard InChI is InChI=1S/C24H23ClFN5O2S/c1-14(23(33)17-13-30(2)20-7-5-4-6-16(17)20)34-24-29-28-21(31(24)3)10-11-22(32)27-15-8-9-19(26)18(25)12-15/h4-9,12-14H,10-11H2,1-3H3,(H,27,32). The van der Waals surface area contributed by atoms with E-state index in [1.165, 1.54) is 30.0 Å². The summed E-state index contributed by atoms with van der Waals surface area (Å²) in [6.45, 7) is 1.85. The van der Waals surface area contributed by atoms with E-state index in [-0.39, 0.29) is 28.4 Å². The van der Waals surface area contributed by atoms with E-state index in [4.69, 9.17) is 11.6 Å². The molecule has 0 radical (unpaired) electrons. The summed E-state index contributed by atoms with van der Waals surface area (Å²) < 4.78 is 17.0. The fourth-order valence-electron chi connectivity index (χ4n) is 3.66. The van der Waals surface area contributed by atoms with Crippen molar-refractivity contribution in [3.8, 4) is 0 Å². The van der Waals surface area contributed by atoms with Crippen molar-refractivity contribution < 1.29 is 14.0 Å². The van der Waals surface area contributed by atoms with E-state index in [2.05, 4.69) is 15.5 Å². The number of amides is 1. The molecule has 4 aromatic rings. The Morgan fingerprint density at radius 1 is 1.18 bits per heavy atom. The molecule has 2 aromatic heterocycles. The number of aromatic nitrogens is 4. The maximum atomic E-state index is 13.3. The Morgan fingerprint density at radius 2 is 1.94 bits per heavy atom. The van der Waals surface area contributed by atoms with Crippen molar-refractivity contribution in [2.24, 2.45) is 14.1 Å². The molecule has 0 aliphatic heterocycles. The summed E-state index contributed by atoms with van der Waals surface area (Å²) in [5.41, 5.74) is 2.11. The molecule has 2 heterocycles. The van der Waals surface area contributed by atoms with Crippen LogP contribution in [0.4, 0.5) is 10.1 Å². The molecule has 176 valence electrons. The first-order valence-electron chi connectivity index (χ1n) is 10.6. The quantitative estimate of drug-likeness (QED) is 0.271. The molecule has 1 amide bonds. The molecule has 0 saturated heterocycles. The van der Waals surface area contributed by atoms with Crippen LogP contribution >= 0.6 is 23.4 Å². The molecule has 0 aliphatic carbocycles. The number of rotatable bonds is 8. The van der Waals surface area contributed by atoms with Gasteiger partial charge in [-0.1, -0.05) is 41.6 Å². The molecule has 4 rings (SSSR count). The molecule has 1 atom stereocenters. The number of Topliss-reactive ketones (excluding diaryl/α,β-unsaturated/α-hetero) is 1. The number of para-hydroxylation sites is 1. The van der Waals surface area contributed by atoms with E-state index in [0.717, 1.165) is 10.9 Å². The SMILES string of the molecule is CC(Sc1nnc(CCC(=O)Nc2ccc(F)c(Cl)c2)n1C)C(=O)c1cn(C)c2ccccc12. The van der Waals surface area contributed by atoms with Gasteiger partial charge in [-0.2, -0.15) is 0 Å². The second-order valence-electron chi connectivity index (χ2n) is 7.93. The lowest BCUT2D eigenvalue weighted by molar-refractivity contribution is -0.116. The van der Waals surface area contributed by atoms with Crippen molar-refractivity contribution in [2.45, 2.75) is 30.2 Å². The second kappa shape index (κ2) is 9.99. The number of thioether (sulfide) groups is 1. The lowest BCUT2D eigenvalue weighted by atomic mass is 10.1. The minimum absolute atomic E-state index is 0.0173. The first-order valence-corrected chi connectivity index (χ1v) is 11.9. The van der Waals surface area contributed by atoms with Gasteiger partial charge in [0.1, 0.15) is 11.6 Å². The zero-order chi connectivity index (χ0) is 24.4. The Balaban J connectivity index is 1.38. The predicted molar refractivity (Wildman–Crippen MR) is 132 cm³/mol. The summed E-state index contributed by atoms with van der Waals surface area (Å²) in [6, 6.07) is 11.8. The Kier molecular flexibility index (Phi) is 7.04. The third kappa shape index (κ3) is 5.00. The van der Waals surface area contributed by atoms with Gasteiger partial charge in [-0.15, -0.1) is 10.2 Å². The topological polar surface area (TPSA) is 81.8 Å². The highest BCUT2D eigenvalue weighted by Gasteiger charge is 2.23. The molecule has 10 heteroatoms. The van der Waals surface area contributed by atoms with Crippen molar-refractivity contribution >= 4 is 51.6 Å². The predicted octanol–water partition coefficient (Wildman–Crippen LogP) is 5.03. The van der Waals surface area contributed by atoms with Gasteiger partial charge in [0.05, 0.1) is 10.3 Å². The average Bonchev–Trinajstić information content (AvgIpc) is 3.34. The molecular formula is C24H23ClFN5O2S. The van der Waals surface area contributed by atoms with Crippen LogP contribution in [0, 0.1) is 5.82 Å². The number of fused-ring (bicyclic) bond motifs is 1. The first kappa shape index (κ1) is 24.0. The van der Waals surface area contributed by atoms with Crippen LogP contribution in [0.5, 0.6) is 0 Å². The number of aryl methyl sites for hydroxylation is 2. The number of carbonyl (C=O) groups excluding carboxylic acids is 2. The first-order chi connectivity index (χ1) is 16.2. The molecular weight excluding hydrogens is 477 g/mol. The van der Waals surface area contributed by atoms with Crippen LogP contribution < -0.4 is 5.32 Å². The van der Waals surface area contributed by atoms with E-state index in [1.807, 2.05) is 56.0 Å². The molecule has 0 saturated carbocycles. The maximum Gasteiger partial charge on any atom is 0.224 e. The molecule has 1 N–H and O–H groups in total. The molecule has 0 spiro atoms. The highest BCUT2D eigenvalue weighted by molar-refractivity contribution is 8.00. The highest BCUT2D eigenvalue weighted by Crippen LogP contribution is 2.28. The van der Waals surface area contributed by atoms with Crippen molar-refractivity contribution in [3.05, 3.63) is 70.9 Å². The monoisotopic (exact) mass is 499 g/mol. The summed E-state index contributed by atoms with van der Waals surface area (Å²) >= 11 is 7.08. The van der Waals surface area contributed by atoms with Crippen LogP contribution in [0.15, 0.2) is 53.8 Å². The van der Waals surface area contributed by atoms with Gasteiger partial charge in [0.2, 0.25) is 5.91 Å². The van der Waals surface area contributed by atoms with Gasteiger partial charge in [0.25, 0.3) is 0 Å². The van der Waals surface area contributed by atoms with Gasteiger partial charge in [0.15, 0.2) is 10.9 Å². The normalized spacial score (nSPS) is 12.1. The number of anilines is 1. The van der Waals surface area contributed by atoms with Gasteiger partial charge >= 0.3 is 0 Å². The number of carbonyl (C=O) groups is 2. The maximum absolute atomic E-state index is 13.3. The van der Waals surface area contributed by atoms with Crippen molar-refractivity contribution in [1.82, 2.24) is 19.3 Å². The van der Waals surface area contributed by atoms with Crippen LogP contribution in [0.1, 0.15) is 29.5 Å². The fourth-order valence-corrected chi connectivity index (χ4v) is 4.74. The second-order valence-corrected chi connectivity index (χ2v) is 9.65. The Bertz CT molecular complexity index is 1380. The van der Waals surface area contributed by atoms with Crippen LogP contribution in [0.2, 0.25) is 5.02 Å².